The van der Waals surface area contributed by atoms with Crippen LogP contribution in [0.5, 0.6) is 0 Å². The molecule has 0 unspecified atom stereocenters. The quantitative estimate of drug-likeness (QED) is 0.642. The molecule has 1 N–H and O–H groups in total. The Kier molecular flexibility index (Phi) is 4.95. The standard InChI is InChI=1S/C12H14F2N2O4/c1-7(2)15(6-11(17)18)10-4-3-8(16(19)20)5-9(10)12(13)14/h3-5,7,12H,6H2,1-2H3,(H,17,18). The van der Waals surface area contributed by atoms with E-state index in [9.17, 15) is 23.7 Å². The summed E-state index contributed by atoms with van der Waals surface area (Å²) >= 11 is 0. The van der Waals surface area contributed by atoms with Crippen molar-refractivity contribution < 1.29 is 23.6 Å². The van der Waals surface area contributed by atoms with Gasteiger partial charge in [-0.05, 0) is 19.9 Å². The fraction of sp³-hybridized carbons (Fsp3) is 0.417. The molecule has 1 rings (SSSR count). The molecule has 0 bridgehead atoms. The zero-order valence-corrected chi connectivity index (χ0v) is 10.9. The Hall–Kier alpha value is -2.25. The van der Waals surface area contributed by atoms with E-state index in [4.69, 9.17) is 5.11 Å². The number of hydrogen-bond donors (Lipinski definition) is 1. The van der Waals surface area contributed by atoms with Gasteiger partial charge in [0.1, 0.15) is 6.54 Å². The van der Waals surface area contributed by atoms with Crippen LogP contribution in [0.3, 0.4) is 0 Å². The summed E-state index contributed by atoms with van der Waals surface area (Å²) in [7, 11) is 0. The molecule has 0 fully saturated rings. The van der Waals surface area contributed by atoms with Crippen LogP contribution in [0.1, 0.15) is 25.8 Å². The number of hydrogen-bond acceptors (Lipinski definition) is 4. The predicted molar refractivity (Wildman–Crippen MR) is 68.2 cm³/mol. The molecule has 0 aromatic heterocycles. The lowest BCUT2D eigenvalue weighted by atomic mass is 10.1. The van der Waals surface area contributed by atoms with Crippen molar-refractivity contribution in [2.45, 2.75) is 26.3 Å². The minimum Gasteiger partial charge on any atom is -0.480 e. The SMILES string of the molecule is CC(C)N(CC(=O)O)c1ccc([N+](=O)[O-])cc1C(F)F. The predicted octanol–water partition coefficient (Wildman–Crippen LogP) is 2.83. The second kappa shape index (κ2) is 6.27. The van der Waals surface area contributed by atoms with Gasteiger partial charge in [-0.25, -0.2) is 8.78 Å². The van der Waals surface area contributed by atoms with Crippen molar-refractivity contribution in [1.29, 1.82) is 0 Å². The number of aliphatic carboxylic acids is 1. The molecule has 0 aliphatic heterocycles. The van der Waals surface area contributed by atoms with Crippen LogP contribution >= 0.6 is 0 Å². The Morgan fingerprint density at radius 3 is 2.45 bits per heavy atom. The molecular formula is C12H14F2N2O4. The normalized spacial score (nSPS) is 10.9. The van der Waals surface area contributed by atoms with Crippen molar-refractivity contribution in [3.63, 3.8) is 0 Å². The van der Waals surface area contributed by atoms with Crippen LogP contribution < -0.4 is 4.90 Å². The number of carbonyl (C=O) groups is 1. The highest BCUT2D eigenvalue weighted by Gasteiger charge is 2.24. The maximum Gasteiger partial charge on any atom is 0.323 e. The molecule has 110 valence electrons. The van der Waals surface area contributed by atoms with E-state index in [0.29, 0.717) is 0 Å². The number of rotatable bonds is 6. The Morgan fingerprint density at radius 2 is 2.05 bits per heavy atom. The van der Waals surface area contributed by atoms with E-state index in [1.807, 2.05) is 0 Å². The number of carboxylic acids is 1. The van der Waals surface area contributed by atoms with Crippen LogP contribution in [0.15, 0.2) is 18.2 Å². The summed E-state index contributed by atoms with van der Waals surface area (Å²) in [5, 5.41) is 19.5. The number of halogens is 2. The van der Waals surface area contributed by atoms with Gasteiger partial charge in [0.2, 0.25) is 0 Å². The average Bonchev–Trinajstić information content (AvgIpc) is 2.34. The van der Waals surface area contributed by atoms with Crippen LogP contribution in [-0.2, 0) is 4.79 Å². The van der Waals surface area contributed by atoms with E-state index in [1.165, 1.54) is 4.90 Å². The molecule has 0 aliphatic carbocycles. The van der Waals surface area contributed by atoms with Crippen LogP contribution in [0.25, 0.3) is 0 Å². The van der Waals surface area contributed by atoms with Crippen LogP contribution in [0.2, 0.25) is 0 Å². The highest BCUT2D eigenvalue weighted by Crippen LogP contribution is 2.33. The number of alkyl halides is 2. The maximum absolute atomic E-state index is 13.0. The third-order valence-electron chi connectivity index (χ3n) is 2.70. The summed E-state index contributed by atoms with van der Waals surface area (Å²) in [6.45, 7) is 2.84. The molecule has 0 atom stereocenters. The van der Waals surface area contributed by atoms with Crippen molar-refractivity contribution in [2.24, 2.45) is 0 Å². The molecule has 0 heterocycles. The van der Waals surface area contributed by atoms with Crippen molar-refractivity contribution in [2.75, 3.05) is 11.4 Å². The van der Waals surface area contributed by atoms with E-state index in [-0.39, 0.29) is 11.7 Å². The summed E-state index contributed by atoms with van der Waals surface area (Å²) in [6, 6.07) is 2.67. The minimum absolute atomic E-state index is 0.0111. The topological polar surface area (TPSA) is 83.7 Å². The molecule has 0 saturated carbocycles. The number of nitro benzene ring substituents is 1. The Bertz CT molecular complexity index is 520. The first-order valence-corrected chi connectivity index (χ1v) is 5.79. The summed E-state index contributed by atoms with van der Waals surface area (Å²) in [6.07, 6.45) is -2.93. The molecule has 0 saturated heterocycles. The molecule has 8 heteroatoms. The summed E-state index contributed by atoms with van der Waals surface area (Å²) in [4.78, 5) is 21.9. The number of nitro groups is 1. The summed E-state index contributed by atoms with van der Waals surface area (Å²) in [5.41, 5.74) is -1.01. The van der Waals surface area contributed by atoms with Crippen LogP contribution in [-0.4, -0.2) is 28.6 Å². The zero-order valence-electron chi connectivity index (χ0n) is 10.9. The smallest absolute Gasteiger partial charge is 0.323 e. The first-order valence-electron chi connectivity index (χ1n) is 5.79. The summed E-state index contributed by atoms with van der Waals surface area (Å²) < 4.78 is 26.1. The van der Waals surface area contributed by atoms with Crippen LogP contribution in [0.4, 0.5) is 20.2 Å². The Morgan fingerprint density at radius 1 is 1.45 bits per heavy atom. The number of benzene rings is 1. The lowest BCUT2D eigenvalue weighted by Crippen LogP contribution is -2.36. The second-order valence-electron chi connectivity index (χ2n) is 4.42. The average molecular weight is 288 g/mol. The van der Waals surface area contributed by atoms with Gasteiger partial charge in [0.05, 0.1) is 4.92 Å². The number of anilines is 1. The van der Waals surface area contributed by atoms with Gasteiger partial charge in [-0.15, -0.1) is 0 Å². The van der Waals surface area contributed by atoms with Gasteiger partial charge in [0.15, 0.2) is 0 Å². The van der Waals surface area contributed by atoms with Gasteiger partial charge in [0.25, 0.3) is 12.1 Å². The molecular weight excluding hydrogens is 274 g/mol. The van der Waals surface area contributed by atoms with E-state index in [1.54, 1.807) is 13.8 Å². The van der Waals surface area contributed by atoms with E-state index in [2.05, 4.69) is 0 Å². The maximum atomic E-state index is 13.0. The molecule has 0 amide bonds. The molecule has 1 aromatic rings. The van der Waals surface area contributed by atoms with Crippen LogP contribution in [0, 0.1) is 10.1 Å². The van der Waals surface area contributed by atoms with Gasteiger partial charge >= 0.3 is 5.97 Å². The van der Waals surface area contributed by atoms with Gasteiger partial charge in [-0.1, -0.05) is 0 Å². The first-order chi connectivity index (χ1) is 9.23. The number of nitrogens with zero attached hydrogens (tertiary/aromatic N) is 2. The fourth-order valence-electron chi connectivity index (χ4n) is 1.78. The second-order valence-corrected chi connectivity index (χ2v) is 4.42. The highest BCUT2D eigenvalue weighted by atomic mass is 19.3. The van der Waals surface area contributed by atoms with Gasteiger partial charge in [0, 0.05) is 29.4 Å². The molecule has 0 spiro atoms. The van der Waals surface area contributed by atoms with Crippen molar-refractivity contribution in [3.8, 4) is 0 Å². The van der Waals surface area contributed by atoms with Gasteiger partial charge in [-0.3, -0.25) is 14.9 Å². The highest BCUT2D eigenvalue weighted by molar-refractivity contribution is 5.75. The van der Waals surface area contributed by atoms with E-state index < -0.39 is 35.1 Å². The monoisotopic (exact) mass is 288 g/mol. The number of carboxylic acid groups (broad SMARTS) is 1. The Balaban J connectivity index is 3.33. The van der Waals surface area contributed by atoms with Crippen molar-refractivity contribution in [1.82, 2.24) is 0 Å². The fourth-order valence-corrected chi connectivity index (χ4v) is 1.78. The van der Waals surface area contributed by atoms with E-state index >= 15 is 0 Å². The Labute approximate surface area is 113 Å². The van der Waals surface area contributed by atoms with Crippen molar-refractivity contribution in [3.05, 3.63) is 33.9 Å². The van der Waals surface area contributed by atoms with Gasteiger partial charge in [-0.2, -0.15) is 0 Å². The summed E-state index contributed by atoms with van der Waals surface area (Å²) in [5.74, 6) is -1.17. The zero-order chi connectivity index (χ0) is 15.4. The lowest BCUT2D eigenvalue weighted by molar-refractivity contribution is -0.385. The largest absolute Gasteiger partial charge is 0.480 e. The third kappa shape index (κ3) is 3.62. The number of non-ortho nitro benzene ring substituents is 1. The molecule has 1 aromatic carbocycles. The minimum atomic E-state index is -2.93. The third-order valence-corrected chi connectivity index (χ3v) is 2.70. The first kappa shape index (κ1) is 15.8. The molecule has 0 aliphatic rings. The van der Waals surface area contributed by atoms with Gasteiger partial charge < -0.3 is 10.0 Å². The van der Waals surface area contributed by atoms with E-state index in [0.717, 1.165) is 18.2 Å². The lowest BCUT2D eigenvalue weighted by Gasteiger charge is -2.29. The molecule has 0 radical (unpaired) electrons. The molecule has 6 nitrogen and oxygen atoms in total. The van der Waals surface area contributed by atoms with Crippen molar-refractivity contribution >= 4 is 17.3 Å². The molecule has 20 heavy (non-hydrogen) atoms.